The lowest BCUT2D eigenvalue weighted by atomic mass is 10.2. The maximum atomic E-state index is 12.6. The van der Waals surface area contributed by atoms with Crippen LogP contribution in [0.3, 0.4) is 0 Å². The Morgan fingerprint density at radius 1 is 1.58 bits per heavy atom. The first kappa shape index (κ1) is 15.3. The first-order valence-corrected chi connectivity index (χ1v) is 9.05. The second-order valence-corrected chi connectivity index (χ2v) is 8.14. The van der Waals surface area contributed by atoms with Crippen molar-refractivity contribution >= 4 is 33.0 Å². The summed E-state index contributed by atoms with van der Waals surface area (Å²) in [7, 11) is -3.40. The van der Waals surface area contributed by atoms with Gasteiger partial charge in [-0.05, 0) is 25.0 Å². The highest BCUT2D eigenvalue weighted by Gasteiger charge is 2.31. The minimum Gasteiger partial charge on any atom is -0.375 e. The van der Waals surface area contributed by atoms with Gasteiger partial charge in [-0.3, -0.25) is 0 Å². The van der Waals surface area contributed by atoms with Gasteiger partial charge in [0.1, 0.15) is 4.21 Å². The highest BCUT2D eigenvalue weighted by molar-refractivity contribution is 7.91. The molecule has 1 aliphatic heterocycles. The van der Waals surface area contributed by atoms with Crippen molar-refractivity contribution in [1.82, 2.24) is 4.31 Å². The third kappa shape index (κ3) is 3.13. The van der Waals surface area contributed by atoms with Crippen LogP contribution >= 0.6 is 22.9 Å². The minimum absolute atomic E-state index is 0.00270. The number of thiophene rings is 1. The van der Waals surface area contributed by atoms with Crippen molar-refractivity contribution in [3.05, 3.63) is 16.5 Å². The number of aryl methyl sites for hydroxylation is 1. The van der Waals surface area contributed by atoms with Crippen LogP contribution < -0.4 is 0 Å². The van der Waals surface area contributed by atoms with Gasteiger partial charge in [0.15, 0.2) is 0 Å². The minimum atomic E-state index is -3.40. The molecule has 0 saturated carbocycles. The number of sulfonamides is 1. The summed E-state index contributed by atoms with van der Waals surface area (Å²) in [5.41, 5.74) is 0.943. The van der Waals surface area contributed by atoms with Gasteiger partial charge in [0.05, 0.1) is 18.6 Å². The van der Waals surface area contributed by atoms with Gasteiger partial charge in [-0.25, -0.2) is 8.42 Å². The molecule has 0 aliphatic carbocycles. The summed E-state index contributed by atoms with van der Waals surface area (Å²) in [5, 5.41) is 0. The normalized spacial score (nSPS) is 21.7. The molecule has 1 atom stereocenters. The highest BCUT2D eigenvalue weighted by atomic mass is 35.5. The van der Waals surface area contributed by atoms with E-state index in [1.807, 2.05) is 13.8 Å². The smallest absolute Gasteiger partial charge is 0.252 e. The fourth-order valence-corrected chi connectivity index (χ4v) is 5.46. The van der Waals surface area contributed by atoms with E-state index >= 15 is 0 Å². The summed E-state index contributed by atoms with van der Waals surface area (Å²) in [5.74, 6) is 0.354. The molecule has 2 heterocycles. The van der Waals surface area contributed by atoms with Gasteiger partial charge >= 0.3 is 0 Å². The molecule has 1 fully saturated rings. The van der Waals surface area contributed by atoms with E-state index in [2.05, 4.69) is 0 Å². The second kappa shape index (κ2) is 6.10. The molecule has 1 unspecified atom stereocenters. The molecule has 19 heavy (non-hydrogen) atoms. The molecular weight excluding hydrogens is 306 g/mol. The molecule has 1 aromatic rings. The molecule has 7 heteroatoms. The molecule has 4 nitrogen and oxygen atoms in total. The van der Waals surface area contributed by atoms with Crippen LogP contribution in [0.2, 0.25) is 0 Å². The number of hydrogen-bond acceptors (Lipinski definition) is 4. The van der Waals surface area contributed by atoms with Gasteiger partial charge in [0.25, 0.3) is 10.0 Å². The fraction of sp³-hybridized carbons (Fsp3) is 0.667. The average Bonchev–Trinajstić information content (AvgIpc) is 2.80. The quantitative estimate of drug-likeness (QED) is 0.800. The molecule has 0 aromatic carbocycles. The average molecular weight is 324 g/mol. The van der Waals surface area contributed by atoms with E-state index < -0.39 is 10.0 Å². The van der Waals surface area contributed by atoms with E-state index in [1.54, 1.807) is 6.07 Å². The zero-order valence-corrected chi connectivity index (χ0v) is 13.4. The summed E-state index contributed by atoms with van der Waals surface area (Å²) < 4.78 is 32.6. The molecule has 1 saturated heterocycles. The molecule has 1 aromatic heterocycles. The Hall–Kier alpha value is -0.140. The van der Waals surface area contributed by atoms with Gasteiger partial charge in [-0.15, -0.1) is 22.9 Å². The number of hydrogen-bond donors (Lipinski definition) is 0. The van der Waals surface area contributed by atoms with Crippen molar-refractivity contribution in [1.29, 1.82) is 0 Å². The second-order valence-electron chi connectivity index (χ2n) is 4.57. The van der Waals surface area contributed by atoms with Crippen LogP contribution in [0.5, 0.6) is 0 Å². The Kier molecular flexibility index (Phi) is 4.89. The monoisotopic (exact) mass is 323 g/mol. The molecule has 2 rings (SSSR count). The Morgan fingerprint density at radius 2 is 2.32 bits per heavy atom. The van der Waals surface area contributed by atoms with Gasteiger partial charge in [0, 0.05) is 18.0 Å². The van der Waals surface area contributed by atoms with Crippen molar-refractivity contribution in [3.8, 4) is 0 Å². The molecular formula is C12H18ClNO3S2. The fourth-order valence-electron chi connectivity index (χ4n) is 2.03. The zero-order valence-electron chi connectivity index (χ0n) is 11.1. The van der Waals surface area contributed by atoms with Crippen LogP contribution in [0.15, 0.2) is 10.3 Å². The molecule has 0 amide bonds. The predicted octanol–water partition coefficient (Wildman–Crippen LogP) is 2.59. The summed E-state index contributed by atoms with van der Waals surface area (Å²) in [6, 6.07) is 1.72. The summed E-state index contributed by atoms with van der Waals surface area (Å²) in [6.07, 6.45) is 0.819. The highest BCUT2D eigenvalue weighted by Crippen LogP contribution is 2.30. The van der Waals surface area contributed by atoms with Crippen molar-refractivity contribution in [3.63, 3.8) is 0 Å². The number of morpholine rings is 1. The van der Waals surface area contributed by atoms with Crippen LogP contribution in [0, 0.1) is 6.92 Å². The number of halogens is 1. The van der Waals surface area contributed by atoms with Crippen LogP contribution in [0.4, 0.5) is 0 Å². The summed E-state index contributed by atoms with van der Waals surface area (Å²) in [4.78, 5) is 0.917. The van der Waals surface area contributed by atoms with E-state index in [1.165, 1.54) is 15.6 Å². The third-order valence-corrected chi connectivity index (χ3v) is 7.25. The first-order chi connectivity index (χ1) is 8.98. The number of alkyl halides is 1. The van der Waals surface area contributed by atoms with E-state index in [4.69, 9.17) is 16.3 Å². The lowest BCUT2D eigenvalue weighted by Crippen LogP contribution is -2.45. The molecule has 0 N–H and O–H groups in total. The summed E-state index contributed by atoms with van der Waals surface area (Å²) in [6.45, 7) is 5.21. The van der Waals surface area contributed by atoms with Crippen molar-refractivity contribution in [2.24, 2.45) is 0 Å². The maximum Gasteiger partial charge on any atom is 0.252 e. The Balaban J connectivity index is 2.25. The van der Waals surface area contributed by atoms with Crippen molar-refractivity contribution in [2.45, 2.75) is 36.5 Å². The first-order valence-electron chi connectivity index (χ1n) is 6.26. The standard InChI is InChI=1S/C12H18ClNO3S2/c1-3-10-8-14(4-5-17-10)19(15,16)12-6-9(2)11(7-13)18-12/h6,10H,3-5,7-8H2,1-2H3. The zero-order chi connectivity index (χ0) is 14.0. The number of ether oxygens (including phenoxy) is 1. The van der Waals surface area contributed by atoms with Gasteiger partial charge in [-0.2, -0.15) is 4.31 Å². The maximum absolute atomic E-state index is 12.6. The van der Waals surface area contributed by atoms with E-state index in [0.717, 1.165) is 16.9 Å². The SMILES string of the molecule is CCC1CN(S(=O)(=O)c2cc(C)c(CCl)s2)CCO1. The lowest BCUT2D eigenvalue weighted by molar-refractivity contribution is -0.00272. The van der Waals surface area contributed by atoms with Crippen LogP contribution in [0.25, 0.3) is 0 Å². The van der Waals surface area contributed by atoms with Crippen molar-refractivity contribution < 1.29 is 13.2 Å². The molecule has 108 valence electrons. The Bertz CT molecular complexity index is 541. The van der Waals surface area contributed by atoms with Gasteiger partial charge in [-0.1, -0.05) is 6.92 Å². The summed E-state index contributed by atoms with van der Waals surface area (Å²) >= 11 is 7.08. The van der Waals surface area contributed by atoms with Gasteiger partial charge < -0.3 is 4.74 Å². The topological polar surface area (TPSA) is 46.6 Å². The van der Waals surface area contributed by atoms with Gasteiger partial charge in [0.2, 0.25) is 0 Å². The molecule has 0 radical (unpaired) electrons. The number of rotatable bonds is 4. The third-order valence-electron chi connectivity index (χ3n) is 3.27. The van der Waals surface area contributed by atoms with E-state index in [0.29, 0.717) is 29.8 Å². The number of nitrogens with zero attached hydrogens (tertiary/aromatic N) is 1. The largest absolute Gasteiger partial charge is 0.375 e. The molecule has 0 bridgehead atoms. The van der Waals surface area contributed by atoms with Crippen LogP contribution in [-0.4, -0.2) is 38.5 Å². The van der Waals surface area contributed by atoms with Crippen LogP contribution in [0.1, 0.15) is 23.8 Å². The Labute approximate surface area is 123 Å². The Morgan fingerprint density at radius 3 is 2.89 bits per heavy atom. The van der Waals surface area contributed by atoms with Crippen LogP contribution in [-0.2, 0) is 20.6 Å². The molecule has 1 aliphatic rings. The van der Waals surface area contributed by atoms with Crippen molar-refractivity contribution in [2.75, 3.05) is 19.7 Å². The lowest BCUT2D eigenvalue weighted by Gasteiger charge is -2.31. The van der Waals surface area contributed by atoms with E-state index in [9.17, 15) is 8.42 Å². The molecule has 0 spiro atoms. The predicted molar refractivity (Wildman–Crippen MR) is 77.4 cm³/mol. The van der Waals surface area contributed by atoms with E-state index in [-0.39, 0.29) is 6.10 Å².